The fourth-order valence-electron chi connectivity index (χ4n) is 1.76. The smallest absolute Gasteiger partial charge is 0.247 e. The fourth-order valence-corrected chi connectivity index (χ4v) is 1.76. The van der Waals surface area contributed by atoms with E-state index in [0.29, 0.717) is 25.4 Å². The molecule has 1 aliphatic rings. The highest BCUT2D eigenvalue weighted by Gasteiger charge is 2.14. The van der Waals surface area contributed by atoms with Crippen molar-refractivity contribution in [3.8, 4) is 0 Å². The van der Waals surface area contributed by atoms with Gasteiger partial charge in [0.2, 0.25) is 5.91 Å². The molecule has 18 heavy (non-hydrogen) atoms. The Morgan fingerprint density at radius 1 is 1.56 bits per heavy atom. The summed E-state index contributed by atoms with van der Waals surface area (Å²) in [7, 11) is 0. The normalized spacial score (nSPS) is 14.3. The van der Waals surface area contributed by atoms with Crippen molar-refractivity contribution >= 4 is 17.8 Å². The van der Waals surface area contributed by atoms with Gasteiger partial charge in [-0.15, -0.1) is 0 Å². The van der Waals surface area contributed by atoms with Gasteiger partial charge in [0.1, 0.15) is 12.1 Å². The number of anilines is 1. The van der Waals surface area contributed by atoms with Crippen LogP contribution in [0.1, 0.15) is 25.8 Å². The van der Waals surface area contributed by atoms with Crippen LogP contribution in [0.2, 0.25) is 0 Å². The Labute approximate surface area is 107 Å². The van der Waals surface area contributed by atoms with Gasteiger partial charge in [0.25, 0.3) is 0 Å². The summed E-state index contributed by atoms with van der Waals surface area (Å²) in [6.45, 7) is 5.56. The molecule has 5 nitrogen and oxygen atoms in total. The van der Waals surface area contributed by atoms with Gasteiger partial charge < -0.3 is 10.6 Å². The minimum absolute atomic E-state index is 0.00204. The Kier molecular flexibility index (Phi) is 3.92. The first-order valence-corrected chi connectivity index (χ1v) is 6.19. The van der Waals surface area contributed by atoms with E-state index >= 15 is 0 Å². The van der Waals surface area contributed by atoms with Crippen LogP contribution in [0.3, 0.4) is 0 Å². The van der Waals surface area contributed by atoms with Crippen molar-refractivity contribution < 1.29 is 4.79 Å². The van der Waals surface area contributed by atoms with Crippen LogP contribution < -0.4 is 10.6 Å². The van der Waals surface area contributed by atoms with Crippen LogP contribution >= 0.6 is 0 Å². The Bertz CT molecular complexity index is 468. The third-order valence-electron chi connectivity index (χ3n) is 2.72. The van der Waals surface area contributed by atoms with Crippen LogP contribution in [0.25, 0.3) is 6.08 Å². The molecule has 0 saturated heterocycles. The molecule has 1 aromatic rings. The van der Waals surface area contributed by atoms with Gasteiger partial charge >= 0.3 is 0 Å². The lowest BCUT2D eigenvalue weighted by Gasteiger charge is -2.09. The van der Waals surface area contributed by atoms with Crippen LogP contribution in [-0.2, 0) is 4.79 Å². The average Bonchev–Trinajstić information content (AvgIpc) is 2.57. The number of carbonyl (C=O) groups excluding carboxylic acids is 1. The minimum Gasteiger partial charge on any atom is -0.369 e. The molecule has 0 saturated carbocycles. The maximum absolute atomic E-state index is 12.0. The van der Waals surface area contributed by atoms with Gasteiger partial charge in [0.15, 0.2) is 0 Å². The van der Waals surface area contributed by atoms with Crippen LogP contribution in [0.4, 0.5) is 5.82 Å². The van der Waals surface area contributed by atoms with Gasteiger partial charge in [0.05, 0.1) is 0 Å². The van der Waals surface area contributed by atoms with E-state index in [1.165, 1.54) is 6.33 Å². The fraction of sp³-hybridized carbons (Fsp3) is 0.462. The Hall–Kier alpha value is -1.91. The standard InChI is InChI=1S/C13H18N4O/c1-9(2)6-16-13(18)10-3-4-15-12-11(5-10)7-14-8-17-12/h5,7-9H,3-4,6H2,1-2H3,(H,16,18)(H,14,15,17). The van der Waals surface area contributed by atoms with Gasteiger partial charge in [-0.1, -0.05) is 13.8 Å². The van der Waals surface area contributed by atoms with E-state index in [2.05, 4.69) is 34.4 Å². The molecule has 96 valence electrons. The molecular weight excluding hydrogens is 228 g/mol. The molecule has 2 heterocycles. The third kappa shape index (κ3) is 3.06. The van der Waals surface area contributed by atoms with E-state index in [4.69, 9.17) is 0 Å². The average molecular weight is 246 g/mol. The lowest BCUT2D eigenvalue weighted by atomic mass is 10.1. The molecule has 0 fully saturated rings. The maximum atomic E-state index is 12.0. The van der Waals surface area contributed by atoms with Gasteiger partial charge in [-0.05, 0) is 18.4 Å². The van der Waals surface area contributed by atoms with E-state index < -0.39 is 0 Å². The number of nitrogens with zero attached hydrogens (tertiary/aromatic N) is 2. The second kappa shape index (κ2) is 5.62. The molecular formula is C13H18N4O. The summed E-state index contributed by atoms with van der Waals surface area (Å²) in [6.07, 6.45) is 5.78. The number of carbonyl (C=O) groups is 1. The second-order valence-electron chi connectivity index (χ2n) is 4.78. The van der Waals surface area contributed by atoms with E-state index in [0.717, 1.165) is 17.0 Å². The van der Waals surface area contributed by atoms with E-state index in [-0.39, 0.29) is 5.91 Å². The molecule has 0 aromatic carbocycles. The van der Waals surface area contributed by atoms with Gasteiger partial charge in [-0.25, -0.2) is 9.97 Å². The van der Waals surface area contributed by atoms with Crippen molar-refractivity contribution in [3.63, 3.8) is 0 Å². The van der Waals surface area contributed by atoms with Crippen LogP contribution in [0, 0.1) is 5.92 Å². The van der Waals surface area contributed by atoms with Gasteiger partial charge in [-0.2, -0.15) is 0 Å². The molecule has 0 radical (unpaired) electrons. The van der Waals surface area contributed by atoms with Crippen molar-refractivity contribution in [2.45, 2.75) is 20.3 Å². The predicted molar refractivity (Wildman–Crippen MR) is 71.0 cm³/mol. The quantitative estimate of drug-likeness (QED) is 0.847. The van der Waals surface area contributed by atoms with Crippen molar-refractivity contribution in [3.05, 3.63) is 23.7 Å². The number of hydrogen-bond acceptors (Lipinski definition) is 4. The maximum Gasteiger partial charge on any atom is 0.247 e. The summed E-state index contributed by atoms with van der Waals surface area (Å²) in [5.74, 6) is 1.24. The Morgan fingerprint density at radius 3 is 3.17 bits per heavy atom. The molecule has 0 atom stereocenters. The summed E-state index contributed by atoms with van der Waals surface area (Å²) < 4.78 is 0. The predicted octanol–water partition coefficient (Wildman–Crippen LogP) is 1.45. The number of rotatable bonds is 3. The highest BCUT2D eigenvalue weighted by Crippen LogP contribution is 2.19. The molecule has 1 aliphatic heterocycles. The zero-order chi connectivity index (χ0) is 13.0. The minimum atomic E-state index is 0.00204. The van der Waals surface area contributed by atoms with Crippen LogP contribution in [-0.4, -0.2) is 29.0 Å². The summed E-state index contributed by atoms with van der Waals surface area (Å²) in [5.41, 5.74) is 1.64. The summed E-state index contributed by atoms with van der Waals surface area (Å²) in [4.78, 5) is 20.1. The summed E-state index contributed by atoms with van der Waals surface area (Å²) >= 11 is 0. The van der Waals surface area contributed by atoms with Crippen molar-refractivity contribution in [1.82, 2.24) is 15.3 Å². The topological polar surface area (TPSA) is 66.9 Å². The molecule has 1 amide bonds. The van der Waals surface area contributed by atoms with E-state index in [1.54, 1.807) is 6.20 Å². The Morgan fingerprint density at radius 2 is 2.39 bits per heavy atom. The molecule has 0 spiro atoms. The molecule has 1 aromatic heterocycles. The van der Waals surface area contributed by atoms with Crippen LogP contribution in [0.15, 0.2) is 18.1 Å². The van der Waals surface area contributed by atoms with E-state index in [1.807, 2.05) is 6.08 Å². The molecule has 0 aliphatic carbocycles. The molecule has 2 rings (SSSR count). The lowest BCUT2D eigenvalue weighted by Crippen LogP contribution is -2.29. The third-order valence-corrected chi connectivity index (χ3v) is 2.72. The van der Waals surface area contributed by atoms with Crippen molar-refractivity contribution in [2.75, 3.05) is 18.4 Å². The number of nitrogens with one attached hydrogen (secondary N) is 2. The monoisotopic (exact) mass is 246 g/mol. The summed E-state index contributed by atoms with van der Waals surface area (Å²) in [5, 5.41) is 6.13. The number of aromatic nitrogens is 2. The summed E-state index contributed by atoms with van der Waals surface area (Å²) in [6, 6.07) is 0. The zero-order valence-electron chi connectivity index (χ0n) is 10.7. The highest BCUT2D eigenvalue weighted by molar-refractivity contribution is 5.98. The number of amides is 1. The molecule has 0 unspecified atom stereocenters. The van der Waals surface area contributed by atoms with Crippen molar-refractivity contribution in [1.29, 1.82) is 0 Å². The van der Waals surface area contributed by atoms with Gasteiger partial charge in [-0.3, -0.25) is 4.79 Å². The number of hydrogen-bond donors (Lipinski definition) is 2. The first kappa shape index (κ1) is 12.5. The molecule has 5 heteroatoms. The van der Waals surface area contributed by atoms with Gasteiger partial charge in [0, 0.05) is 30.4 Å². The number of fused-ring (bicyclic) bond motifs is 1. The lowest BCUT2D eigenvalue weighted by molar-refractivity contribution is -0.117. The molecule has 2 N–H and O–H groups in total. The largest absolute Gasteiger partial charge is 0.369 e. The Balaban J connectivity index is 2.14. The van der Waals surface area contributed by atoms with Crippen molar-refractivity contribution in [2.24, 2.45) is 5.92 Å². The SMILES string of the molecule is CC(C)CNC(=O)C1=Cc2cncnc2NCC1. The van der Waals surface area contributed by atoms with Crippen LogP contribution in [0.5, 0.6) is 0 Å². The van der Waals surface area contributed by atoms with E-state index in [9.17, 15) is 4.79 Å². The first-order chi connectivity index (χ1) is 8.66. The highest BCUT2D eigenvalue weighted by atomic mass is 16.1. The second-order valence-corrected chi connectivity index (χ2v) is 4.78. The first-order valence-electron chi connectivity index (χ1n) is 6.19. The molecule has 0 bridgehead atoms. The zero-order valence-corrected chi connectivity index (χ0v) is 10.7.